The smallest absolute Gasteiger partial charge is 0.251 e. The Morgan fingerprint density at radius 3 is 2.69 bits per heavy atom. The van der Waals surface area contributed by atoms with Gasteiger partial charge in [-0.1, -0.05) is 30.3 Å². The molecule has 0 saturated heterocycles. The predicted molar refractivity (Wildman–Crippen MR) is 129 cm³/mol. The number of carbonyl (C=O) groups is 2. The van der Waals surface area contributed by atoms with E-state index < -0.39 is 33.8 Å². The van der Waals surface area contributed by atoms with Gasteiger partial charge in [-0.3, -0.25) is 9.59 Å². The van der Waals surface area contributed by atoms with E-state index in [-0.39, 0.29) is 18.0 Å². The summed E-state index contributed by atoms with van der Waals surface area (Å²) in [6.07, 6.45) is 1.34. The van der Waals surface area contributed by atoms with Crippen LogP contribution in [0, 0.1) is 0 Å². The molecule has 9 nitrogen and oxygen atoms in total. The number of benzene rings is 2. The molecule has 2 aromatic carbocycles. The van der Waals surface area contributed by atoms with Crippen LogP contribution in [0.1, 0.15) is 40.7 Å². The van der Waals surface area contributed by atoms with Crippen molar-refractivity contribution in [3.8, 4) is 0 Å². The van der Waals surface area contributed by atoms with Crippen LogP contribution in [0.2, 0.25) is 0 Å². The summed E-state index contributed by atoms with van der Waals surface area (Å²) in [6, 6.07) is 12.4. The number of nitrogens with one attached hydrogen (secondary N) is 2. The minimum Gasteiger partial charge on any atom is -0.381 e. The van der Waals surface area contributed by atoms with Gasteiger partial charge in [0.25, 0.3) is 11.8 Å². The van der Waals surface area contributed by atoms with Crippen LogP contribution in [0.25, 0.3) is 0 Å². The molecule has 3 rings (SSSR count). The Labute approximate surface area is 205 Å². The average molecular weight is 505 g/mol. The highest BCUT2D eigenvalue weighted by atomic mass is 32.2. The maximum Gasteiger partial charge on any atom is 0.251 e. The Balaban J connectivity index is 1.70. The number of fused-ring (bicyclic) bond motifs is 1. The Morgan fingerprint density at radius 2 is 1.89 bits per heavy atom. The van der Waals surface area contributed by atoms with Gasteiger partial charge in [0, 0.05) is 25.0 Å². The van der Waals surface area contributed by atoms with Gasteiger partial charge >= 0.3 is 0 Å². The summed E-state index contributed by atoms with van der Waals surface area (Å²) in [4.78, 5) is 25.9. The number of ether oxygens (including phenoxy) is 2. The summed E-state index contributed by atoms with van der Waals surface area (Å²) in [5.74, 6) is -1.05. The zero-order chi connectivity index (χ0) is 25.3. The number of carbonyl (C=O) groups excluding carboxylic acids is 2. The third-order valence-electron chi connectivity index (χ3n) is 5.70. The molecule has 10 heteroatoms. The van der Waals surface area contributed by atoms with Gasteiger partial charge in [-0.2, -0.15) is 0 Å². The van der Waals surface area contributed by atoms with E-state index in [9.17, 15) is 23.1 Å². The van der Waals surface area contributed by atoms with Crippen LogP contribution in [0.4, 0.5) is 0 Å². The monoisotopic (exact) mass is 504 g/mol. The Kier molecular flexibility index (Phi) is 9.79. The molecule has 0 bridgehead atoms. The van der Waals surface area contributed by atoms with Crippen molar-refractivity contribution in [2.75, 3.05) is 26.1 Å². The van der Waals surface area contributed by atoms with Crippen molar-refractivity contribution in [3.63, 3.8) is 0 Å². The highest BCUT2D eigenvalue weighted by molar-refractivity contribution is 7.90. The van der Waals surface area contributed by atoms with Gasteiger partial charge in [-0.05, 0) is 48.6 Å². The van der Waals surface area contributed by atoms with Gasteiger partial charge in [-0.15, -0.1) is 0 Å². The van der Waals surface area contributed by atoms with Crippen LogP contribution in [0.3, 0.4) is 0 Å². The topological polar surface area (TPSA) is 131 Å². The second-order valence-electron chi connectivity index (χ2n) is 8.48. The minimum absolute atomic E-state index is 0.0356. The number of hydrogen-bond acceptors (Lipinski definition) is 7. The Hall–Kier alpha value is -2.79. The van der Waals surface area contributed by atoms with E-state index in [1.54, 1.807) is 30.3 Å². The van der Waals surface area contributed by atoms with E-state index in [1.165, 1.54) is 12.1 Å². The summed E-state index contributed by atoms with van der Waals surface area (Å²) < 4.78 is 34.7. The van der Waals surface area contributed by atoms with Crippen molar-refractivity contribution in [2.45, 2.75) is 49.5 Å². The van der Waals surface area contributed by atoms with Crippen molar-refractivity contribution < 1.29 is 32.6 Å². The molecule has 2 amide bonds. The highest BCUT2D eigenvalue weighted by Crippen LogP contribution is 2.15. The number of amides is 2. The van der Waals surface area contributed by atoms with Gasteiger partial charge < -0.3 is 25.2 Å². The third-order valence-corrected chi connectivity index (χ3v) is 6.82. The van der Waals surface area contributed by atoms with E-state index in [0.29, 0.717) is 55.8 Å². The van der Waals surface area contributed by atoms with Gasteiger partial charge in [0.15, 0.2) is 15.9 Å². The molecule has 1 aliphatic heterocycles. The molecule has 190 valence electrons. The standard InChI is InChI=1S/C25H32N2O7S/c1-35(31,32)20-9-6-7-18(15-20)16-26-25(30)23(28)22-11-4-5-12-33-13-14-34-17-19-8-2-3-10-21(19)24(29)27-22/h2-3,6-10,15,22-23,28H,4-5,11-14,16-17H2,1H3,(H,26,30)(H,27,29). The molecule has 0 aromatic heterocycles. The first kappa shape index (κ1) is 26.8. The SMILES string of the molecule is CS(=O)(=O)c1cccc(CNC(=O)C(O)C2CCCCOCCOCc3ccccc3C(=O)N2)c1. The molecule has 35 heavy (non-hydrogen) atoms. The van der Waals surface area contributed by atoms with Gasteiger partial charge in [0.1, 0.15) is 0 Å². The minimum atomic E-state index is -3.38. The van der Waals surface area contributed by atoms with Gasteiger partial charge in [0.05, 0.1) is 30.8 Å². The lowest BCUT2D eigenvalue weighted by Gasteiger charge is -2.24. The summed E-state index contributed by atoms with van der Waals surface area (Å²) >= 11 is 0. The van der Waals surface area contributed by atoms with Crippen LogP contribution in [-0.2, 0) is 37.3 Å². The molecule has 0 fully saturated rings. The molecule has 1 aliphatic rings. The van der Waals surface area contributed by atoms with Gasteiger partial charge in [-0.25, -0.2) is 8.42 Å². The van der Waals surface area contributed by atoms with Crippen molar-refractivity contribution >= 4 is 21.7 Å². The first-order chi connectivity index (χ1) is 16.8. The van der Waals surface area contributed by atoms with Crippen LogP contribution >= 0.6 is 0 Å². The quantitative estimate of drug-likeness (QED) is 0.563. The predicted octanol–water partition coefficient (Wildman–Crippen LogP) is 1.58. The number of aliphatic hydroxyl groups excluding tert-OH is 1. The molecule has 2 unspecified atom stereocenters. The summed E-state index contributed by atoms with van der Waals surface area (Å²) in [6.45, 7) is 1.66. The van der Waals surface area contributed by atoms with Crippen LogP contribution in [-0.4, -0.2) is 63.6 Å². The van der Waals surface area contributed by atoms with E-state index in [0.717, 1.165) is 6.26 Å². The molecular weight excluding hydrogens is 472 g/mol. The van der Waals surface area contributed by atoms with Crippen molar-refractivity contribution in [2.24, 2.45) is 0 Å². The second kappa shape index (κ2) is 12.8. The zero-order valence-electron chi connectivity index (χ0n) is 19.7. The van der Waals surface area contributed by atoms with Gasteiger partial charge in [0.2, 0.25) is 0 Å². The molecule has 0 saturated carbocycles. The number of aliphatic hydroxyl groups is 1. The van der Waals surface area contributed by atoms with Crippen molar-refractivity contribution in [3.05, 3.63) is 65.2 Å². The zero-order valence-corrected chi connectivity index (χ0v) is 20.6. The second-order valence-corrected chi connectivity index (χ2v) is 10.5. The normalized spacial score (nSPS) is 19.0. The number of hydrogen-bond donors (Lipinski definition) is 3. The van der Waals surface area contributed by atoms with Crippen molar-refractivity contribution in [1.82, 2.24) is 10.6 Å². The molecule has 2 aromatic rings. The molecule has 1 heterocycles. The summed E-state index contributed by atoms with van der Waals surface area (Å²) in [5.41, 5.74) is 1.70. The first-order valence-corrected chi connectivity index (χ1v) is 13.4. The lowest BCUT2D eigenvalue weighted by Crippen LogP contribution is -2.50. The summed E-state index contributed by atoms with van der Waals surface area (Å²) in [5, 5.41) is 16.2. The Morgan fingerprint density at radius 1 is 1.11 bits per heavy atom. The molecular formula is C25H32N2O7S. The molecule has 0 aliphatic carbocycles. The van der Waals surface area contributed by atoms with E-state index >= 15 is 0 Å². The lowest BCUT2D eigenvalue weighted by atomic mass is 10.0. The Bertz CT molecular complexity index is 1120. The highest BCUT2D eigenvalue weighted by Gasteiger charge is 2.28. The maximum atomic E-state index is 13.0. The van der Waals surface area contributed by atoms with E-state index in [4.69, 9.17) is 9.47 Å². The molecule has 0 radical (unpaired) electrons. The average Bonchev–Trinajstić information content (AvgIpc) is 2.84. The molecule has 2 atom stereocenters. The van der Waals surface area contributed by atoms with E-state index in [2.05, 4.69) is 10.6 Å². The maximum absolute atomic E-state index is 13.0. The first-order valence-electron chi connectivity index (χ1n) is 11.5. The van der Waals surface area contributed by atoms with Crippen LogP contribution < -0.4 is 10.6 Å². The fourth-order valence-corrected chi connectivity index (χ4v) is 4.45. The lowest BCUT2D eigenvalue weighted by molar-refractivity contribution is -0.130. The molecule has 3 N–H and O–H groups in total. The third kappa shape index (κ3) is 8.14. The number of rotatable bonds is 5. The summed E-state index contributed by atoms with van der Waals surface area (Å²) in [7, 11) is -3.38. The molecule has 0 spiro atoms. The van der Waals surface area contributed by atoms with Crippen LogP contribution in [0.5, 0.6) is 0 Å². The van der Waals surface area contributed by atoms with E-state index in [1.807, 2.05) is 6.07 Å². The fraction of sp³-hybridized carbons (Fsp3) is 0.440. The van der Waals surface area contributed by atoms with Crippen LogP contribution in [0.15, 0.2) is 53.4 Å². The largest absolute Gasteiger partial charge is 0.381 e. The number of sulfone groups is 1. The fourth-order valence-electron chi connectivity index (χ4n) is 3.76. The van der Waals surface area contributed by atoms with Crippen molar-refractivity contribution in [1.29, 1.82) is 0 Å².